The van der Waals surface area contributed by atoms with E-state index in [2.05, 4.69) is 40.9 Å². The number of pyridine rings is 1. The molecule has 0 aliphatic carbocycles. The molecule has 2 aromatic heterocycles. The van der Waals surface area contributed by atoms with Crippen molar-refractivity contribution < 1.29 is 4.79 Å². The van der Waals surface area contributed by atoms with Crippen molar-refractivity contribution in [1.29, 1.82) is 0 Å². The van der Waals surface area contributed by atoms with Crippen LogP contribution < -0.4 is 10.6 Å². The maximum atomic E-state index is 12.3. The van der Waals surface area contributed by atoms with Crippen LogP contribution >= 0.6 is 11.3 Å². The molecule has 0 spiro atoms. The lowest BCUT2D eigenvalue weighted by molar-refractivity contribution is 0.0946. The van der Waals surface area contributed by atoms with Crippen LogP contribution in [0.2, 0.25) is 0 Å². The Bertz CT molecular complexity index is 579. The molecule has 2 aromatic rings. The van der Waals surface area contributed by atoms with E-state index in [0.29, 0.717) is 12.1 Å². The van der Waals surface area contributed by atoms with Crippen LogP contribution in [0.25, 0.3) is 0 Å². The van der Waals surface area contributed by atoms with Gasteiger partial charge in [-0.05, 0) is 17.5 Å². The average Bonchev–Trinajstić information content (AvgIpc) is 3.00. The van der Waals surface area contributed by atoms with Gasteiger partial charge in [0.25, 0.3) is 5.91 Å². The van der Waals surface area contributed by atoms with Crippen LogP contribution in [-0.2, 0) is 5.41 Å². The third-order valence-corrected chi connectivity index (χ3v) is 4.45. The zero-order chi connectivity index (χ0) is 14.6. The number of carbonyl (C=O) groups excluding carboxylic acids is 1. The summed E-state index contributed by atoms with van der Waals surface area (Å²) in [5, 5.41) is 8.05. The fourth-order valence-electron chi connectivity index (χ4n) is 1.94. The third-order valence-electron chi connectivity index (χ3n) is 3.21. The second-order valence-corrected chi connectivity index (χ2v) is 6.16. The molecule has 20 heavy (non-hydrogen) atoms. The molecule has 0 saturated carbocycles. The number of carbonyl (C=O) groups is 1. The summed E-state index contributed by atoms with van der Waals surface area (Å²) in [5.74, 6) is -0.105. The van der Waals surface area contributed by atoms with Gasteiger partial charge in [0.15, 0.2) is 0 Å². The molecular formula is C15H19N3OS. The number of hydrogen-bond donors (Lipinski definition) is 2. The first-order valence-electron chi connectivity index (χ1n) is 6.48. The lowest BCUT2D eigenvalue weighted by atomic mass is 9.91. The molecule has 5 heteroatoms. The summed E-state index contributed by atoms with van der Waals surface area (Å²) in [5.41, 5.74) is 1.27. The zero-order valence-electron chi connectivity index (χ0n) is 11.9. The Morgan fingerprint density at radius 2 is 2.20 bits per heavy atom. The molecule has 1 amide bonds. The molecule has 0 fully saturated rings. The first-order chi connectivity index (χ1) is 9.54. The number of hydrogen-bond acceptors (Lipinski definition) is 4. The summed E-state index contributed by atoms with van der Waals surface area (Å²) < 4.78 is 0. The number of rotatable bonds is 5. The first-order valence-corrected chi connectivity index (χ1v) is 7.36. The summed E-state index contributed by atoms with van der Waals surface area (Å²) in [6, 6.07) is 5.92. The Balaban J connectivity index is 2.06. The minimum atomic E-state index is -0.105. The van der Waals surface area contributed by atoms with Crippen LogP contribution in [-0.4, -0.2) is 24.5 Å². The van der Waals surface area contributed by atoms with Crippen molar-refractivity contribution in [2.45, 2.75) is 19.3 Å². The highest BCUT2D eigenvalue weighted by atomic mass is 32.1. The normalized spacial score (nSPS) is 11.2. The molecule has 0 unspecified atom stereocenters. The van der Waals surface area contributed by atoms with Crippen LogP contribution in [0.3, 0.4) is 0 Å². The summed E-state index contributed by atoms with van der Waals surface area (Å²) in [4.78, 5) is 17.5. The summed E-state index contributed by atoms with van der Waals surface area (Å²) in [6.07, 6.45) is 3.25. The number of amides is 1. The van der Waals surface area contributed by atoms with E-state index in [9.17, 15) is 4.79 Å². The smallest absolute Gasteiger partial charge is 0.254 e. The van der Waals surface area contributed by atoms with Gasteiger partial charge in [-0.3, -0.25) is 9.78 Å². The molecule has 0 atom stereocenters. The van der Waals surface area contributed by atoms with Gasteiger partial charge < -0.3 is 10.6 Å². The third kappa shape index (κ3) is 3.17. The second-order valence-electron chi connectivity index (χ2n) is 5.22. The van der Waals surface area contributed by atoms with Gasteiger partial charge in [-0.15, -0.1) is 11.3 Å². The van der Waals surface area contributed by atoms with E-state index >= 15 is 0 Å². The summed E-state index contributed by atoms with van der Waals surface area (Å²) >= 11 is 1.71. The van der Waals surface area contributed by atoms with E-state index < -0.39 is 0 Å². The van der Waals surface area contributed by atoms with E-state index in [1.807, 2.05) is 6.07 Å². The van der Waals surface area contributed by atoms with Gasteiger partial charge in [-0.2, -0.15) is 0 Å². The molecule has 2 N–H and O–H groups in total. The average molecular weight is 289 g/mol. The molecular weight excluding hydrogens is 270 g/mol. The van der Waals surface area contributed by atoms with Gasteiger partial charge >= 0.3 is 0 Å². The quantitative estimate of drug-likeness (QED) is 0.890. The Morgan fingerprint density at radius 3 is 2.85 bits per heavy atom. The number of aromatic nitrogens is 1. The molecule has 0 saturated heterocycles. The number of thiophene rings is 1. The number of nitrogens with one attached hydrogen (secondary N) is 2. The molecule has 2 rings (SSSR count). The monoisotopic (exact) mass is 289 g/mol. The van der Waals surface area contributed by atoms with Crippen LogP contribution in [0.1, 0.15) is 29.1 Å². The highest BCUT2D eigenvalue weighted by Gasteiger charge is 2.23. The summed E-state index contributed by atoms with van der Waals surface area (Å²) in [7, 11) is 1.79. The molecule has 0 radical (unpaired) electrons. The lowest BCUT2D eigenvalue weighted by Gasteiger charge is -2.23. The van der Waals surface area contributed by atoms with Crippen LogP contribution in [0.5, 0.6) is 0 Å². The van der Waals surface area contributed by atoms with Gasteiger partial charge in [0, 0.05) is 42.0 Å². The van der Waals surface area contributed by atoms with Gasteiger partial charge in [-0.1, -0.05) is 19.9 Å². The standard InChI is InChI=1S/C15H19N3OS/c1-15(2,13-5-4-8-20-13)10-18-14(19)11-9-17-7-6-12(11)16-3/h4-9H,10H2,1-3H3,(H,16,17)(H,18,19). The van der Waals surface area contributed by atoms with E-state index in [-0.39, 0.29) is 11.3 Å². The predicted molar refractivity (Wildman–Crippen MR) is 83.5 cm³/mol. The minimum absolute atomic E-state index is 0.0775. The molecule has 0 aliphatic heterocycles. The Morgan fingerprint density at radius 1 is 1.40 bits per heavy atom. The van der Waals surface area contributed by atoms with Crippen molar-refractivity contribution in [2.24, 2.45) is 0 Å². The van der Waals surface area contributed by atoms with Crippen molar-refractivity contribution in [3.63, 3.8) is 0 Å². The van der Waals surface area contributed by atoms with Crippen LogP contribution in [0.15, 0.2) is 36.0 Å². The zero-order valence-corrected chi connectivity index (χ0v) is 12.8. The van der Waals surface area contributed by atoms with Crippen molar-refractivity contribution in [2.75, 3.05) is 18.9 Å². The van der Waals surface area contributed by atoms with E-state index in [1.54, 1.807) is 36.8 Å². The lowest BCUT2D eigenvalue weighted by Crippen LogP contribution is -2.36. The van der Waals surface area contributed by atoms with Gasteiger partial charge in [0.05, 0.1) is 5.56 Å². The van der Waals surface area contributed by atoms with Crippen LogP contribution in [0, 0.1) is 0 Å². The summed E-state index contributed by atoms with van der Waals surface area (Å²) in [6.45, 7) is 4.84. The largest absolute Gasteiger partial charge is 0.387 e. The predicted octanol–water partition coefficient (Wildman–Crippen LogP) is 2.89. The minimum Gasteiger partial charge on any atom is -0.387 e. The van der Waals surface area contributed by atoms with Gasteiger partial charge in [-0.25, -0.2) is 0 Å². The van der Waals surface area contributed by atoms with Crippen molar-refractivity contribution in [3.8, 4) is 0 Å². The topological polar surface area (TPSA) is 54.0 Å². The first kappa shape index (κ1) is 14.5. The van der Waals surface area contributed by atoms with E-state index in [4.69, 9.17) is 0 Å². The number of nitrogens with zero attached hydrogens (tertiary/aromatic N) is 1. The van der Waals surface area contributed by atoms with Crippen molar-refractivity contribution in [1.82, 2.24) is 10.3 Å². The molecule has 4 nitrogen and oxygen atoms in total. The highest BCUT2D eigenvalue weighted by molar-refractivity contribution is 7.10. The Kier molecular flexibility index (Phi) is 4.39. The van der Waals surface area contributed by atoms with E-state index in [0.717, 1.165) is 5.69 Å². The molecule has 0 aliphatic rings. The van der Waals surface area contributed by atoms with Crippen LogP contribution in [0.4, 0.5) is 5.69 Å². The maximum Gasteiger partial charge on any atom is 0.254 e. The molecule has 2 heterocycles. The van der Waals surface area contributed by atoms with Crippen molar-refractivity contribution in [3.05, 3.63) is 46.4 Å². The fraction of sp³-hybridized carbons (Fsp3) is 0.333. The Hall–Kier alpha value is -1.88. The molecule has 106 valence electrons. The second kappa shape index (κ2) is 6.05. The Labute approximate surface area is 123 Å². The SMILES string of the molecule is CNc1ccncc1C(=O)NCC(C)(C)c1cccs1. The maximum absolute atomic E-state index is 12.3. The molecule has 0 bridgehead atoms. The number of anilines is 1. The van der Waals surface area contributed by atoms with Crippen molar-refractivity contribution >= 4 is 22.9 Å². The van der Waals surface area contributed by atoms with Gasteiger partial charge in [0.1, 0.15) is 0 Å². The molecule has 0 aromatic carbocycles. The fourth-order valence-corrected chi connectivity index (χ4v) is 2.79. The van der Waals surface area contributed by atoms with Gasteiger partial charge in [0.2, 0.25) is 0 Å². The highest BCUT2D eigenvalue weighted by Crippen LogP contribution is 2.26. The van der Waals surface area contributed by atoms with E-state index in [1.165, 1.54) is 4.88 Å².